The quantitative estimate of drug-likeness (QED) is 0.637. The van der Waals surface area contributed by atoms with E-state index in [0.29, 0.717) is 18.1 Å². The first kappa shape index (κ1) is 18.6. The van der Waals surface area contributed by atoms with Crippen LogP contribution in [0.4, 0.5) is 5.82 Å². The summed E-state index contributed by atoms with van der Waals surface area (Å²) < 4.78 is 1.75. The lowest BCUT2D eigenvalue weighted by Crippen LogP contribution is -2.24. The zero-order chi connectivity index (χ0) is 19.2. The Kier molecular flexibility index (Phi) is 5.80. The molecule has 0 saturated carbocycles. The number of nitrogens with zero attached hydrogens (tertiary/aromatic N) is 4. The highest BCUT2D eigenvalue weighted by atomic mass is 16.4. The Bertz CT molecular complexity index is 890. The number of carbonyl (C=O) groups is 1. The molecule has 0 amide bonds. The van der Waals surface area contributed by atoms with Crippen LogP contribution in [0.1, 0.15) is 29.8 Å². The molecule has 1 aromatic carbocycles. The molecule has 0 aliphatic rings. The van der Waals surface area contributed by atoms with Crippen molar-refractivity contribution in [2.75, 3.05) is 5.32 Å². The van der Waals surface area contributed by atoms with Gasteiger partial charge in [-0.3, -0.25) is 4.79 Å². The average Bonchev–Trinajstić information content (AvgIpc) is 2.99. The second kappa shape index (κ2) is 8.44. The van der Waals surface area contributed by atoms with Gasteiger partial charge in [0.1, 0.15) is 5.82 Å². The van der Waals surface area contributed by atoms with E-state index in [-0.39, 0.29) is 12.5 Å². The molecule has 0 fully saturated rings. The van der Waals surface area contributed by atoms with Crippen LogP contribution in [0.5, 0.6) is 0 Å². The van der Waals surface area contributed by atoms with E-state index in [4.69, 9.17) is 5.11 Å². The Balaban J connectivity index is 1.72. The predicted molar refractivity (Wildman–Crippen MR) is 103 cm³/mol. The maximum absolute atomic E-state index is 11.0. The third-order valence-electron chi connectivity index (χ3n) is 4.26. The van der Waals surface area contributed by atoms with Gasteiger partial charge in [-0.05, 0) is 50.5 Å². The second-order valence-electron chi connectivity index (χ2n) is 6.58. The van der Waals surface area contributed by atoms with E-state index in [9.17, 15) is 4.79 Å². The van der Waals surface area contributed by atoms with Gasteiger partial charge >= 0.3 is 5.97 Å². The molecular formula is C20H23N5O2. The number of carboxylic acids is 1. The van der Waals surface area contributed by atoms with Crippen LogP contribution in [0.2, 0.25) is 0 Å². The maximum Gasteiger partial charge on any atom is 0.303 e. The summed E-state index contributed by atoms with van der Waals surface area (Å²) in [6.07, 6.45) is 1.32. The van der Waals surface area contributed by atoms with Crippen LogP contribution in [-0.2, 0) is 11.2 Å². The molecule has 3 rings (SSSR count). The monoisotopic (exact) mass is 365 g/mol. The number of anilines is 1. The Labute approximate surface area is 158 Å². The number of benzene rings is 1. The molecule has 7 heteroatoms. The first-order valence-corrected chi connectivity index (χ1v) is 8.91. The summed E-state index contributed by atoms with van der Waals surface area (Å²) >= 11 is 0. The SMILES string of the molecule is Cc1cc(C)n(-c2ccc(NC(CCC(=O)O)Cc3ccccc3)nn2)n1. The van der Waals surface area contributed by atoms with Crippen LogP contribution < -0.4 is 5.32 Å². The number of aliphatic carboxylic acids is 1. The van der Waals surface area contributed by atoms with Gasteiger partial charge in [-0.1, -0.05) is 30.3 Å². The fourth-order valence-corrected chi connectivity index (χ4v) is 3.01. The van der Waals surface area contributed by atoms with E-state index in [0.717, 1.165) is 23.4 Å². The molecule has 0 aliphatic heterocycles. The minimum Gasteiger partial charge on any atom is -0.481 e. The Morgan fingerprint density at radius 2 is 1.93 bits per heavy atom. The molecule has 3 aromatic rings. The molecule has 2 heterocycles. The molecule has 2 aromatic heterocycles. The van der Waals surface area contributed by atoms with E-state index in [2.05, 4.69) is 20.6 Å². The average molecular weight is 365 g/mol. The van der Waals surface area contributed by atoms with Crippen LogP contribution in [0.15, 0.2) is 48.5 Å². The second-order valence-corrected chi connectivity index (χ2v) is 6.58. The van der Waals surface area contributed by atoms with Crippen molar-refractivity contribution in [1.82, 2.24) is 20.0 Å². The summed E-state index contributed by atoms with van der Waals surface area (Å²) in [5, 5.41) is 25.2. The van der Waals surface area contributed by atoms with Crippen LogP contribution >= 0.6 is 0 Å². The van der Waals surface area contributed by atoms with Crippen molar-refractivity contribution in [2.24, 2.45) is 0 Å². The number of nitrogens with one attached hydrogen (secondary N) is 1. The summed E-state index contributed by atoms with van der Waals surface area (Å²) in [6.45, 7) is 3.90. The fraction of sp³-hybridized carbons (Fsp3) is 0.300. The summed E-state index contributed by atoms with van der Waals surface area (Å²) in [5.74, 6) is 0.462. The highest BCUT2D eigenvalue weighted by Gasteiger charge is 2.13. The molecule has 0 bridgehead atoms. The van der Waals surface area contributed by atoms with Crippen LogP contribution in [-0.4, -0.2) is 37.1 Å². The molecular weight excluding hydrogens is 342 g/mol. The van der Waals surface area contributed by atoms with Crippen molar-refractivity contribution in [3.05, 3.63) is 65.5 Å². The number of aryl methyl sites for hydroxylation is 2. The Hall–Kier alpha value is -3.22. The summed E-state index contributed by atoms with van der Waals surface area (Å²) in [7, 11) is 0. The third kappa shape index (κ3) is 5.13. The number of aromatic nitrogens is 4. The zero-order valence-electron chi connectivity index (χ0n) is 15.5. The Morgan fingerprint density at radius 3 is 2.52 bits per heavy atom. The zero-order valence-corrected chi connectivity index (χ0v) is 15.5. The molecule has 1 unspecified atom stereocenters. The van der Waals surface area contributed by atoms with Crippen molar-refractivity contribution >= 4 is 11.8 Å². The highest BCUT2D eigenvalue weighted by molar-refractivity contribution is 5.66. The van der Waals surface area contributed by atoms with Crippen LogP contribution in [0.25, 0.3) is 5.82 Å². The molecule has 7 nitrogen and oxygen atoms in total. The lowest BCUT2D eigenvalue weighted by atomic mass is 10.0. The number of hydrogen-bond donors (Lipinski definition) is 2. The van der Waals surface area contributed by atoms with E-state index in [1.165, 1.54) is 0 Å². The normalized spacial score (nSPS) is 11.9. The van der Waals surface area contributed by atoms with E-state index >= 15 is 0 Å². The molecule has 0 saturated heterocycles. The standard InChI is InChI=1S/C20H23N5O2/c1-14-12-15(2)25(24-14)19-10-9-18(22-23-19)21-17(8-11-20(26)27)13-16-6-4-3-5-7-16/h3-7,9-10,12,17H,8,11,13H2,1-2H3,(H,21,22)(H,26,27). The van der Waals surface area contributed by atoms with Gasteiger partial charge in [-0.25, -0.2) is 4.68 Å². The van der Waals surface area contributed by atoms with Gasteiger partial charge in [0.15, 0.2) is 5.82 Å². The van der Waals surface area contributed by atoms with Crippen molar-refractivity contribution in [3.8, 4) is 5.82 Å². The summed E-state index contributed by atoms with van der Waals surface area (Å²) in [4.78, 5) is 11.0. The summed E-state index contributed by atoms with van der Waals surface area (Å²) in [6, 6.07) is 15.6. The van der Waals surface area contributed by atoms with Gasteiger partial charge in [0.2, 0.25) is 0 Å². The third-order valence-corrected chi connectivity index (χ3v) is 4.26. The first-order valence-electron chi connectivity index (χ1n) is 8.91. The van der Waals surface area contributed by atoms with E-state index in [1.54, 1.807) is 4.68 Å². The minimum atomic E-state index is -0.805. The maximum atomic E-state index is 11.0. The van der Waals surface area contributed by atoms with Crippen molar-refractivity contribution in [1.29, 1.82) is 0 Å². The highest BCUT2D eigenvalue weighted by Crippen LogP contribution is 2.15. The van der Waals surface area contributed by atoms with Crippen molar-refractivity contribution in [2.45, 2.75) is 39.2 Å². The smallest absolute Gasteiger partial charge is 0.303 e. The van der Waals surface area contributed by atoms with E-state index < -0.39 is 5.97 Å². The van der Waals surface area contributed by atoms with Gasteiger partial charge in [-0.15, -0.1) is 10.2 Å². The first-order chi connectivity index (χ1) is 13.0. The molecule has 27 heavy (non-hydrogen) atoms. The number of carboxylic acid groups (broad SMARTS) is 1. The Morgan fingerprint density at radius 1 is 1.15 bits per heavy atom. The fourth-order valence-electron chi connectivity index (χ4n) is 3.01. The largest absolute Gasteiger partial charge is 0.481 e. The molecule has 0 aliphatic carbocycles. The predicted octanol–water partition coefficient (Wildman–Crippen LogP) is 3.17. The minimum absolute atomic E-state index is 0.0441. The molecule has 2 N–H and O–H groups in total. The lowest BCUT2D eigenvalue weighted by Gasteiger charge is -2.18. The van der Waals surface area contributed by atoms with Gasteiger partial charge in [-0.2, -0.15) is 5.10 Å². The van der Waals surface area contributed by atoms with Gasteiger partial charge in [0.25, 0.3) is 0 Å². The lowest BCUT2D eigenvalue weighted by molar-refractivity contribution is -0.137. The van der Waals surface area contributed by atoms with E-state index in [1.807, 2.05) is 62.4 Å². The molecule has 140 valence electrons. The molecule has 1 atom stereocenters. The number of rotatable bonds is 8. The summed E-state index contributed by atoms with van der Waals surface area (Å²) in [5.41, 5.74) is 3.06. The van der Waals surface area contributed by atoms with Gasteiger partial charge in [0.05, 0.1) is 5.69 Å². The van der Waals surface area contributed by atoms with Gasteiger partial charge in [0, 0.05) is 18.2 Å². The van der Waals surface area contributed by atoms with Crippen LogP contribution in [0.3, 0.4) is 0 Å². The van der Waals surface area contributed by atoms with Crippen molar-refractivity contribution < 1.29 is 9.90 Å². The van der Waals surface area contributed by atoms with Crippen molar-refractivity contribution in [3.63, 3.8) is 0 Å². The topological polar surface area (TPSA) is 92.9 Å². The van der Waals surface area contributed by atoms with Gasteiger partial charge < -0.3 is 10.4 Å². The number of hydrogen-bond acceptors (Lipinski definition) is 5. The molecule has 0 radical (unpaired) electrons. The van der Waals surface area contributed by atoms with Crippen LogP contribution in [0, 0.1) is 13.8 Å². The molecule has 0 spiro atoms.